The summed E-state index contributed by atoms with van der Waals surface area (Å²) < 4.78 is 5.84. The zero-order valence-electron chi connectivity index (χ0n) is 12.6. The monoisotopic (exact) mass is 286 g/mol. The first kappa shape index (κ1) is 14.1. The molecule has 1 aromatic heterocycles. The second kappa shape index (κ2) is 5.53. The van der Waals surface area contributed by atoms with Gasteiger partial charge in [0.1, 0.15) is 11.3 Å². The van der Waals surface area contributed by atoms with Crippen LogP contribution in [0.1, 0.15) is 38.0 Å². The predicted molar refractivity (Wildman–Crippen MR) is 82.7 cm³/mol. The Morgan fingerprint density at radius 1 is 1.43 bits per heavy atom. The van der Waals surface area contributed by atoms with Gasteiger partial charge in [0.05, 0.1) is 6.04 Å². The molecule has 1 aliphatic rings. The molecule has 2 unspecified atom stereocenters. The van der Waals surface area contributed by atoms with Crippen molar-refractivity contribution in [3.8, 4) is 0 Å². The van der Waals surface area contributed by atoms with E-state index < -0.39 is 0 Å². The highest BCUT2D eigenvalue weighted by Gasteiger charge is 2.31. The molecule has 0 saturated heterocycles. The lowest BCUT2D eigenvalue weighted by Gasteiger charge is -2.24. The van der Waals surface area contributed by atoms with Crippen LogP contribution >= 0.6 is 0 Å². The number of amides is 1. The summed E-state index contributed by atoms with van der Waals surface area (Å²) in [6, 6.07) is 9.81. The SMILES string of the molecule is CC(c1cc2ccccc2o1)N(C)C(=O)CC(N)C1CC1. The lowest BCUT2D eigenvalue weighted by Crippen LogP contribution is -2.35. The van der Waals surface area contributed by atoms with Crippen LogP contribution in [-0.2, 0) is 4.79 Å². The lowest BCUT2D eigenvalue weighted by molar-refractivity contribution is -0.132. The van der Waals surface area contributed by atoms with Crippen LogP contribution in [0.3, 0.4) is 0 Å². The minimum Gasteiger partial charge on any atom is -0.459 e. The molecule has 21 heavy (non-hydrogen) atoms. The number of hydrogen-bond donors (Lipinski definition) is 1. The fourth-order valence-electron chi connectivity index (χ4n) is 2.65. The van der Waals surface area contributed by atoms with Crippen molar-refractivity contribution in [2.45, 2.75) is 38.3 Å². The van der Waals surface area contributed by atoms with Gasteiger partial charge in [-0.05, 0) is 37.8 Å². The molecule has 1 heterocycles. The third-order valence-electron chi connectivity index (χ3n) is 4.47. The number of para-hydroxylation sites is 1. The Hall–Kier alpha value is -1.81. The van der Waals surface area contributed by atoms with Crippen LogP contribution in [0.5, 0.6) is 0 Å². The van der Waals surface area contributed by atoms with Crippen molar-refractivity contribution in [3.63, 3.8) is 0 Å². The van der Waals surface area contributed by atoms with Gasteiger partial charge in [-0.3, -0.25) is 4.79 Å². The maximum Gasteiger partial charge on any atom is 0.224 e. The maximum atomic E-state index is 12.3. The normalized spacial score (nSPS) is 17.7. The van der Waals surface area contributed by atoms with Crippen LogP contribution in [0.25, 0.3) is 11.0 Å². The molecule has 2 atom stereocenters. The highest BCUT2D eigenvalue weighted by molar-refractivity contribution is 5.79. The van der Waals surface area contributed by atoms with E-state index in [1.165, 1.54) is 0 Å². The molecule has 3 rings (SSSR count). The van der Waals surface area contributed by atoms with E-state index in [4.69, 9.17) is 10.2 Å². The Kier molecular flexibility index (Phi) is 3.72. The molecule has 112 valence electrons. The van der Waals surface area contributed by atoms with Crippen molar-refractivity contribution in [2.24, 2.45) is 11.7 Å². The highest BCUT2D eigenvalue weighted by atomic mass is 16.3. The van der Waals surface area contributed by atoms with Crippen LogP contribution in [0.2, 0.25) is 0 Å². The van der Waals surface area contributed by atoms with Crippen LogP contribution in [-0.4, -0.2) is 23.9 Å². The van der Waals surface area contributed by atoms with Gasteiger partial charge in [-0.25, -0.2) is 0 Å². The van der Waals surface area contributed by atoms with Gasteiger partial charge in [0.15, 0.2) is 0 Å². The Balaban J connectivity index is 1.70. The first-order valence-corrected chi connectivity index (χ1v) is 7.56. The number of carbonyl (C=O) groups is 1. The summed E-state index contributed by atoms with van der Waals surface area (Å²) in [6.45, 7) is 1.98. The van der Waals surface area contributed by atoms with Gasteiger partial charge >= 0.3 is 0 Å². The third-order valence-corrected chi connectivity index (χ3v) is 4.47. The van der Waals surface area contributed by atoms with E-state index >= 15 is 0 Å². The smallest absolute Gasteiger partial charge is 0.224 e. The van der Waals surface area contributed by atoms with Gasteiger partial charge < -0.3 is 15.1 Å². The molecule has 2 N–H and O–H groups in total. The zero-order valence-corrected chi connectivity index (χ0v) is 12.6. The zero-order chi connectivity index (χ0) is 15.0. The topological polar surface area (TPSA) is 59.5 Å². The van der Waals surface area contributed by atoms with Gasteiger partial charge in [-0.15, -0.1) is 0 Å². The molecule has 1 aromatic carbocycles. The molecule has 1 aliphatic carbocycles. The average molecular weight is 286 g/mol. The fourth-order valence-corrected chi connectivity index (χ4v) is 2.65. The standard InChI is InChI=1S/C17H22N2O2/c1-11(16-9-13-5-3-4-6-15(13)21-16)19(2)17(20)10-14(18)12-7-8-12/h3-6,9,11-12,14H,7-8,10,18H2,1-2H3. The molecule has 2 aromatic rings. The molecule has 0 spiro atoms. The van der Waals surface area contributed by atoms with E-state index in [-0.39, 0.29) is 18.0 Å². The highest BCUT2D eigenvalue weighted by Crippen LogP contribution is 2.33. The summed E-state index contributed by atoms with van der Waals surface area (Å²) in [4.78, 5) is 14.1. The Bertz CT molecular complexity index is 612. The van der Waals surface area contributed by atoms with Gasteiger partial charge in [0.2, 0.25) is 5.91 Å². The van der Waals surface area contributed by atoms with E-state index in [2.05, 4.69) is 0 Å². The van der Waals surface area contributed by atoms with Crippen molar-refractivity contribution in [1.82, 2.24) is 4.90 Å². The first-order chi connectivity index (χ1) is 10.1. The molecular weight excluding hydrogens is 264 g/mol. The Labute approximate surface area is 124 Å². The Morgan fingerprint density at radius 3 is 2.81 bits per heavy atom. The molecule has 0 aliphatic heterocycles. The molecular formula is C17H22N2O2. The van der Waals surface area contributed by atoms with Crippen molar-refractivity contribution in [3.05, 3.63) is 36.1 Å². The van der Waals surface area contributed by atoms with Crippen LogP contribution < -0.4 is 5.73 Å². The van der Waals surface area contributed by atoms with Crippen LogP contribution in [0, 0.1) is 5.92 Å². The second-order valence-electron chi connectivity index (χ2n) is 6.07. The van der Waals surface area contributed by atoms with Gasteiger partial charge in [0, 0.05) is 24.9 Å². The number of furan rings is 1. The predicted octanol–water partition coefficient (Wildman–Crippen LogP) is 3.08. The number of nitrogens with zero attached hydrogens (tertiary/aromatic N) is 1. The summed E-state index contributed by atoms with van der Waals surface area (Å²) in [5.41, 5.74) is 6.90. The Morgan fingerprint density at radius 2 is 2.14 bits per heavy atom. The van der Waals surface area contributed by atoms with E-state index in [0.717, 1.165) is 29.6 Å². The van der Waals surface area contributed by atoms with E-state index in [0.29, 0.717) is 12.3 Å². The first-order valence-electron chi connectivity index (χ1n) is 7.56. The number of hydrogen-bond acceptors (Lipinski definition) is 3. The van der Waals surface area contributed by atoms with Crippen molar-refractivity contribution in [1.29, 1.82) is 0 Å². The number of carbonyl (C=O) groups excluding carboxylic acids is 1. The average Bonchev–Trinajstić information content (AvgIpc) is 3.24. The minimum atomic E-state index is -0.0868. The van der Waals surface area contributed by atoms with Crippen molar-refractivity contribution < 1.29 is 9.21 Å². The van der Waals surface area contributed by atoms with Crippen molar-refractivity contribution >= 4 is 16.9 Å². The van der Waals surface area contributed by atoms with Crippen molar-refractivity contribution in [2.75, 3.05) is 7.05 Å². The summed E-state index contributed by atoms with van der Waals surface area (Å²) in [6.07, 6.45) is 2.75. The van der Waals surface area contributed by atoms with Crippen LogP contribution in [0.4, 0.5) is 0 Å². The number of benzene rings is 1. The van der Waals surface area contributed by atoms with Gasteiger partial charge in [-0.1, -0.05) is 18.2 Å². The molecule has 4 nitrogen and oxygen atoms in total. The lowest BCUT2D eigenvalue weighted by atomic mass is 10.1. The van der Waals surface area contributed by atoms with E-state index in [1.807, 2.05) is 44.3 Å². The van der Waals surface area contributed by atoms with Gasteiger partial charge in [0.25, 0.3) is 0 Å². The summed E-state index contributed by atoms with van der Waals surface area (Å²) >= 11 is 0. The molecule has 1 fully saturated rings. The summed E-state index contributed by atoms with van der Waals surface area (Å²) in [5, 5.41) is 1.06. The molecule has 0 radical (unpaired) electrons. The van der Waals surface area contributed by atoms with E-state index in [9.17, 15) is 4.79 Å². The second-order valence-corrected chi connectivity index (χ2v) is 6.07. The minimum absolute atomic E-state index is 0.00261. The number of rotatable bonds is 5. The van der Waals surface area contributed by atoms with Crippen LogP contribution in [0.15, 0.2) is 34.7 Å². The summed E-state index contributed by atoms with van der Waals surface area (Å²) in [7, 11) is 1.82. The van der Waals surface area contributed by atoms with Gasteiger partial charge in [-0.2, -0.15) is 0 Å². The largest absolute Gasteiger partial charge is 0.459 e. The maximum absolute atomic E-state index is 12.3. The third kappa shape index (κ3) is 2.95. The van der Waals surface area contributed by atoms with E-state index in [1.54, 1.807) is 4.90 Å². The quantitative estimate of drug-likeness (QED) is 0.919. The molecule has 1 amide bonds. The molecule has 4 heteroatoms. The number of nitrogens with two attached hydrogens (primary N) is 1. The number of fused-ring (bicyclic) bond motifs is 1. The fraction of sp³-hybridized carbons (Fsp3) is 0.471. The summed E-state index contributed by atoms with van der Waals surface area (Å²) in [5.74, 6) is 1.44. The molecule has 0 bridgehead atoms. The molecule has 1 saturated carbocycles.